The lowest BCUT2D eigenvalue weighted by Crippen LogP contribution is -2.57. The molecule has 2 amide bonds. The summed E-state index contributed by atoms with van der Waals surface area (Å²) in [5.41, 5.74) is 4.25. The molecule has 1 aliphatic heterocycles. The van der Waals surface area contributed by atoms with Crippen LogP contribution in [0, 0.1) is 30.1 Å². The molecule has 7 rings (SSSR count). The second kappa shape index (κ2) is 8.59. The first-order chi connectivity index (χ1) is 17.2. The molecule has 1 saturated heterocycles. The van der Waals surface area contributed by atoms with Gasteiger partial charge in [-0.3, -0.25) is 15.0 Å². The maximum absolute atomic E-state index is 13.4. The quantitative estimate of drug-likeness (QED) is 0.400. The molecule has 0 spiro atoms. The zero-order valence-electron chi connectivity index (χ0n) is 19.8. The number of hydrogen-bond donors (Lipinski definition) is 2. The van der Waals surface area contributed by atoms with Crippen LogP contribution in [0.25, 0.3) is 17.4 Å². The Morgan fingerprint density at radius 2 is 1.81 bits per heavy atom. The van der Waals surface area contributed by atoms with E-state index >= 15 is 0 Å². The number of carboxylic acid groups (broad SMARTS) is 1. The second-order valence-corrected chi connectivity index (χ2v) is 12.4. The molecule has 4 saturated carbocycles. The van der Waals surface area contributed by atoms with Crippen LogP contribution in [0.5, 0.6) is 0 Å². The van der Waals surface area contributed by atoms with Crippen LogP contribution in [0.15, 0.2) is 39.7 Å². The van der Waals surface area contributed by atoms with E-state index in [9.17, 15) is 19.5 Å². The number of carbonyl (C=O) groups is 3. The molecule has 2 N–H and O–H groups in total. The fourth-order valence-electron chi connectivity index (χ4n) is 6.95. The second-order valence-electron chi connectivity index (χ2n) is 10.7. The summed E-state index contributed by atoms with van der Waals surface area (Å²) in [6.07, 6.45) is 8.09. The van der Waals surface area contributed by atoms with E-state index in [2.05, 4.69) is 5.43 Å². The van der Waals surface area contributed by atoms with Crippen molar-refractivity contribution in [1.29, 1.82) is 0 Å². The molecule has 7 nitrogen and oxygen atoms in total. The number of rotatable bonds is 5. The molecule has 1 aromatic heterocycles. The van der Waals surface area contributed by atoms with Crippen LogP contribution in [0.3, 0.4) is 0 Å². The third kappa shape index (κ3) is 3.98. The number of benzene rings is 1. The van der Waals surface area contributed by atoms with Crippen LogP contribution in [0.1, 0.15) is 60.2 Å². The molecule has 2 heterocycles. The normalized spacial score (nSPS) is 29.9. The first kappa shape index (κ1) is 23.5. The number of hydrogen-bond acceptors (Lipinski definition) is 6. The Bertz CT molecular complexity index is 1310. The van der Waals surface area contributed by atoms with Gasteiger partial charge in [0, 0.05) is 11.6 Å². The van der Waals surface area contributed by atoms with Gasteiger partial charge in [0.2, 0.25) is 5.91 Å². The van der Waals surface area contributed by atoms with Crippen LogP contribution >= 0.6 is 24.0 Å². The van der Waals surface area contributed by atoms with Gasteiger partial charge in [0.1, 0.15) is 11.5 Å². The van der Waals surface area contributed by atoms with E-state index < -0.39 is 5.97 Å². The average Bonchev–Trinajstić information content (AvgIpc) is 3.38. The Labute approximate surface area is 218 Å². The van der Waals surface area contributed by atoms with Crippen molar-refractivity contribution < 1.29 is 23.9 Å². The third-order valence-electron chi connectivity index (χ3n) is 8.17. The van der Waals surface area contributed by atoms with Crippen LogP contribution in [0.2, 0.25) is 0 Å². The van der Waals surface area contributed by atoms with Gasteiger partial charge in [0.15, 0.2) is 4.32 Å². The average molecular weight is 523 g/mol. The number of hydrazine groups is 1. The maximum atomic E-state index is 13.4. The van der Waals surface area contributed by atoms with Crippen molar-refractivity contribution in [1.82, 2.24) is 10.4 Å². The SMILES string of the molecule is Cc1cc(C(=O)O)ccc1-c1ccc(/C=C2\SC(=S)N(NC(=O)C34CC5CC(CC(C5)C3)C4)C2=O)o1. The molecule has 2 aromatic rings. The van der Waals surface area contributed by atoms with E-state index in [1.54, 1.807) is 30.3 Å². The number of aromatic carboxylic acids is 1. The van der Waals surface area contributed by atoms with Gasteiger partial charge in [-0.05, 0) is 105 Å². The van der Waals surface area contributed by atoms with Gasteiger partial charge in [-0.25, -0.2) is 4.79 Å². The van der Waals surface area contributed by atoms with Gasteiger partial charge in [-0.2, -0.15) is 5.01 Å². The molecular weight excluding hydrogens is 496 g/mol. The predicted octanol–water partition coefficient (Wildman–Crippen LogP) is 5.40. The summed E-state index contributed by atoms with van der Waals surface area (Å²) in [5.74, 6) is 1.52. The van der Waals surface area contributed by atoms with Crippen molar-refractivity contribution in [2.75, 3.05) is 0 Å². The fraction of sp³-hybridized carbons (Fsp3) is 0.407. The lowest BCUT2D eigenvalue weighted by molar-refractivity contribution is -0.152. The van der Waals surface area contributed by atoms with E-state index in [0.717, 1.165) is 42.2 Å². The molecule has 4 aliphatic carbocycles. The summed E-state index contributed by atoms with van der Waals surface area (Å²) in [6, 6.07) is 8.37. The number of carboxylic acids is 1. The number of thiocarbonyl (C=S) groups is 1. The number of nitrogens with zero attached hydrogens (tertiary/aromatic N) is 1. The minimum atomic E-state index is -0.984. The van der Waals surface area contributed by atoms with E-state index in [4.69, 9.17) is 16.6 Å². The minimum absolute atomic E-state index is 0.0697. The van der Waals surface area contributed by atoms with Crippen molar-refractivity contribution >= 4 is 52.2 Å². The van der Waals surface area contributed by atoms with Gasteiger partial charge in [0.05, 0.1) is 15.9 Å². The summed E-state index contributed by atoms with van der Waals surface area (Å²) >= 11 is 6.58. The Morgan fingerprint density at radius 3 is 2.42 bits per heavy atom. The molecule has 5 aliphatic rings. The Hall–Kier alpha value is -2.91. The summed E-state index contributed by atoms with van der Waals surface area (Å²) in [6.45, 7) is 1.82. The molecule has 4 bridgehead atoms. The van der Waals surface area contributed by atoms with Crippen LogP contribution < -0.4 is 5.43 Å². The number of aryl methyl sites for hydroxylation is 1. The zero-order chi connectivity index (χ0) is 25.2. The van der Waals surface area contributed by atoms with Gasteiger partial charge in [0.25, 0.3) is 5.91 Å². The number of nitrogens with one attached hydrogen (secondary N) is 1. The molecule has 186 valence electrons. The first-order valence-corrected chi connectivity index (χ1v) is 13.5. The van der Waals surface area contributed by atoms with Crippen molar-refractivity contribution in [2.24, 2.45) is 23.2 Å². The number of amides is 2. The van der Waals surface area contributed by atoms with E-state index in [1.807, 2.05) is 6.92 Å². The van der Waals surface area contributed by atoms with Gasteiger partial charge >= 0.3 is 5.97 Å². The van der Waals surface area contributed by atoms with Crippen LogP contribution in [-0.4, -0.2) is 32.2 Å². The topological polar surface area (TPSA) is 99.9 Å². The summed E-state index contributed by atoms with van der Waals surface area (Å²) in [7, 11) is 0. The van der Waals surface area contributed by atoms with Crippen molar-refractivity contribution in [3.8, 4) is 11.3 Å². The highest BCUT2D eigenvalue weighted by Crippen LogP contribution is 2.60. The summed E-state index contributed by atoms with van der Waals surface area (Å²) in [5, 5.41) is 10.4. The largest absolute Gasteiger partial charge is 0.478 e. The van der Waals surface area contributed by atoms with E-state index in [1.165, 1.54) is 30.3 Å². The molecular formula is C27H26N2O5S2. The number of thioether (sulfide) groups is 1. The first-order valence-electron chi connectivity index (χ1n) is 12.2. The molecule has 9 heteroatoms. The Morgan fingerprint density at radius 1 is 1.14 bits per heavy atom. The van der Waals surface area contributed by atoms with E-state index in [0.29, 0.717) is 38.5 Å². The highest BCUT2D eigenvalue weighted by atomic mass is 32.2. The van der Waals surface area contributed by atoms with Gasteiger partial charge < -0.3 is 9.52 Å². The zero-order valence-corrected chi connectivity index (χ0v) is 21.4. The molecule has 0 radical (unpaired) electrons. The highest BCUT2D eigenvalue weighted by Gasteiger charge is 2.55. The minimum Gasteiger partial charge on any atom is -0.478 e. The monoisotopic (exact) mass is 522 g/mol. The fourth-order valence-corrected chi connectivity index (χ4v) is 8.11. The molecule has 5 fully saturated rings. The highest BCUT2D eigenvalue weighted by molar-refractivity contribution is 8.26. The van der Waals surface area contributed by atoms with Crippen molar-refractivity contribution in [2.45, 2.75) is 45.4 Å². The third-order valence-corrected chi connectivity index (χ3v) is 9.47. The molecule has 36 heavy (non-hydrogen) atoms. The van der Waals surface area contributed by atoms with Gasteiger partial charge in [-0.1, -0.05) is 17.8 Å². The molecule has 0 atom stereocenters. The summed E-state index contributed by atoms with van der Waals surface area (Å²) < 4.78 is 6.24. The molecule has 1 aromatic carbocycles. The van der Waals surface area contributed by atoms with Crippen LogP contribution in [-0.2, 0) is 9.59 Å². The van der Waals surface area contributed by atoms with Gasteiger partial charge in [-0.15, -0.1) is 0 Å². The lowest BCUT2D eigenvalue weighted by Gasteiger charge is -2.55. The Kier molecular flexibility index (Phi) is 5.60. The van der Waals surface area contributed by atoms with Crippen molar-refractivity contribution in [3.05, 3.63) is 52.1 Å². The molecule has 0 unspecified atom stereocenters. The van der Waals surface area contributed by atoms with E-state index in [-0.39, 0.29) is 22.8 Å². The number of furan rings is 1. The smallest absolute Gasteiger partial charge is 0.335 e. The lowest BCUT2D eigenvalue weighted by atomic mass is 9.49. The predicted molar refractivity (Wildman–Crippen MR) is 140 cm³/mol. The Balaban J connectivity index is 1.18. The van der Waals surface area contributed by atoms with Crippen LogP contribution in [0.4, 0.5) is 0 Å². The maximum Gasteiger partial charge on any atom is 0.335 e. The number of carbonyl (C=O) groups excluding carboxylic acids is 2. The van der Waals surface area contributed by atoms with Crippen molar-refractivity contribution in [3.63, 3.8) is 0 Å². The standard InChI is InChI=1S/C27H26N2O5S2/c1-14-6-18(24(31)32)2-4-20(14)21-5-3-19(34-21)10-22-23(30)29(26(35)36-22)28-25(33)27-11-15-7-16(12-27)9-17(8-15)13-27/h2-6,10,15-17H,7-9,11-13H2,1H3,(H,28,33)(H,31,32)/b22-10-. The summed E-state index contributed by atoms with van der Waals surface area (Å²) in [4.78, 5) is 38.2.